The normalized spacial score (nSPS) is 16.2. The summed E-state index contributed by atoms with van der Waals surface area (Å²) in [7, 11) is 4.87. The van der Waals surface area contributed by atoms with Crippen LogP contribution in [0.25, 0.3) is 10.8 Å². The minimum absolute atomic E-state index is 0.0962. The Morgan fingerprint density at radius 2 is 1.66 bits per heavy atom. The topological polar surface area (TPSA) is 91.0 Å². The quantitative estimate of drug-likeness (QED) is 0.336. The number of rotatable bonds is 13. The van der Waals surface area contributed by atoms with Crippen molar-refractivity contribution in [2.24, 2.45) is 0 Å². The second-order valence-corrected chi connectivity index (χ2v) is 10.8. The first kappa shape index (κ1) is 30.2. The molecule has 8 heteroatoms. The lowest BCUT2D eigenvalue weighted by molar-refractivity contribution is -0.149. The SMILES string of the molecule is CNC(=O)[C@@H](Cc1ccccc1)N(C)C(=O)[C@@H](CCc1ccc2ccccc2c1)N(C)C(=O)COCC1CCCN1. The highest BCUT2D eigenvalue weighted by molar-refractivity contribution is 5.92. The molecule has 218 valence electrons. The van der Waals surface area contributed by atoms with E-state index in [0.717, 1.165) is 41.3 Å². The summed E-state index contributed by atoms with van der Waals surface area (Å²) < 4.78 is 5.74. The Hall–Kier alpha value is -3.75. The van der Waals surface area contributed by atoms with Gasteiger partial charge in [0.25, 0.3) is 0 Å². The van der Waals surface area contributed by atoms with Gasteiger partial charge in [-0.1, -0.05) is 72.8 Å². The molecule has 3 aromatic carbocycles. The predicted octanol–water partition coefficient (Wildman–Crippen LogP) is 3.18. The fourth-order valence-corrected chi connectivity index (χ4v) is 5.44. The number of likely N-dealkylation sites (N-methyl/N-ethyl adjacent to an activating group) is 3. The van der Waals surface area contributed by atoms with E-state index in [4.69, 9.17) is 4.74 Å². The maximum atomic E-state index is 14.1. The van der Waals surface area contributed by atoms with Gasteiger partial charge in [0.15, 0.2) is 0 Å². The van der Waals surface area contributed by atoms with Gasteiger partial charge in [-0.25, -0.2) is 0 Å². The summed E-state index contributed by atoms with van der Waals surface area (Å²) in [6.07, 6.45) is 3.52. The van der Waals surface area contributed by atoms with E-state index in [-0.39, 0.29) is 30.4 Å². The van der Waals surface area contributed by atoms with Crippen LogP contribution in [0.2, 0.25) is 0 Å². The van der Waals surface area contributed by atoms with Crippen molar-refractivity contribution in [3.05, 3.63) is 83.9 Å². The number of carbonyl (C=O) groups excluding carboxylic acids is 3. The van der Waals surface area contributed by atoms with E-state index in [9.17, 15) is 14.4 Å². The van der Waals surface area contributed by atoms with Gasteiger partial charge >= 0.3 is 0 Å². The maximum Gasteiger partial charge on any atom is 0.248 e. The standard InChI is InChI=1S/C33H42N4O4/c1-34-32(39)30(21-24-10-5-4-6-11-24)37(3)33(40)29(36(2)31(38)23-41-22-28-14-9-19-35-28)18-16-25-15-17-26-12-7-8-13-27(26)20-25/h4-8,10-13,15,17,20,28-30,35H,9,14,16,18-19,21-23H2,1-3H3,(H,34,39)/t28?,29-,30-/m1/s1. The zero-order valence-corrected chi connectivity index (χ0v) is 24.3. The molecular weight excluding hydrogens is 516 g/mol. The van der Waals surface area contributed by atoms with E-state index in [1.54, 1.807) is 21.1 Å². The molecule has 3 aromatic rings. The third kappa shape index (κ3) is 8.15. The second kappa shape index (κ2) is 14.8. The largest absolute Gasteiger partial charge is 0.370 e. The number of amides is 3. The molecule has 0 radical (unpaired) electrons. The molecule has 1 fully saturated rings. The van der Waals surface area contributed by atoms with Gasteiger partial charge in [0.1, 0.15) is 18.7 Å². The van der Waals surface area contributed by atoms with Gasteiger partial charge in [0.2, 0.25) is 17.7 Å². The lowest BCUT2D eigenvalue weighted by atomic mass is 9.99. The van der Waals surface area contributed by atoms with Crippen LogP contribution in [0.5, 0.6) is 0 Å². The predicted molar refractivity (Wildman–Crippen MR) is 161 cm³/mol. The highest BCUT2D eigenvalue weighted by Crippen LogP contribution is 2.20. The van der Waals surface area contributed by atoms with E-state index in [1.165, 1.54) is 9.80 Å². The van der Waals surface area contributed by atoms with Gasteiger partial charge in [-0.05, 0) is 54.1 Å². The summed E-state index contributed by atoms with van der Waals surface area (Å²) >= 11 is 0. The Morgan fingerprint density at radius 1 is 0.927 bits per heavy atom. The van der Waals surface area contributed by atoms with Crippen molar-refractivity contribution in [3.63, 3.8) is 0 Å². The molecule has 1 saturated heterocycles. The van der Waals surface area contributed by atoms with Crippen molar-refractivity contribution in [1.82, 2.24) is 20.4 Å². The van der Waals surface area contributed by atoms with Crippen molar-refractivity contribution >= 4 is 28.5 Å². The van der Waals surface area contributed by atoms with Crippen LogP contribution in [0, 0.1) is 0 Å². The summed E-state index contributed by atoms with van der Waals surface area (Å²) in [5, 5.41) is 8.35. The molecule has 41 heavy (non-hydrogen) atoms. The molecule has 1 heterocycles. The number of hydrogen-bond acceptors (Lipinski definition) is 5. The molecule has 0 aromatic heterocycles. The zero-order valence-electron chi connectivity index (χ0n) is 24.3. The fourth-order valence-electron chi connectivity index (χ4n) is 5.44. The van der Waals surface area contributed by atoms with Gasteiger partial charge in [-0.15, -0.1) is 0 Å². The lowest BCUT2D eigenvalue weighted by Crippen LogP contribution is -2.55. The number of nitrogens with zero attached hydrogens (tertiary/aromatic N) is 2. The van der Waals surface area contributed by atoms with Crippen molar-refractivity contribution in [2.75, 3.05) is 40.9 Å². The molecule has 3 amide bonds. The van der Waals surface area contributed by atoms with Crippen molar-refractivity contribution in [3.8, 4) is 0 Å². The Balaban J connectivity index is 1.51. The third-order valence-corrected chi connectivity index (χ3v) is 8.01. The minimum Gasteiger partial charge on any atom is -0.370 e. The van der Waals surface area contributed by atoms with E-state index in [2.05, 4.69) is 41.0 Å². The van der Waals surface area contributed by atoms with Gasteiger partial charge in [-0.3, -0.25) is 14.4 Å². The van der Waals surface area contributed by atoms with Crippen LogP contribution in [-0.2, 0) is 32.0 Å². The first-order chi connectivity index (χ1) is 19.9. The van der Waals surface area contributed by atoms with Gasteiger partial charge in [-0.2, -0.15) is 0 Å². The monoisotopic (exact) mass is 558 g/mol. The average Bonchev–Trinajstić information content (AvgIpc) is 3.53. The second-order valence-electron chi connectivity index (χ2n) is 10.8. The van der Waals surface area contributed by atoms with E-state index < -0.39 is 12.1 Å². The van der Waals surface area contributed by atoms with E-state index in [0.29, 0.717) is 25.9 Å². The molecule has 1 aliphatic heterocycles. The first-order valence-corrected chi connectivity index (χ1v) is 14.4. The number of ether oxygens (including phenoxy) is 1. The Kier molecular flexibility index (Phi) is 10.9. The van der Waals surface area contributed by atoms with Crippen LogP contribution in [-0.4, -0.2) is 86.5 Å². The summed E-state index contributed by atoms with van der Waals surface area (Å²) in [4.78, 5) is 43.2. The van der Waals surface area contributed by atoms with Gasteiger partial charge in [0, 0.05) is 33.6 Å². The van der Waals surface area contributed by atoms with Crippen molar-refractivity contribution in [1.29, 1.82) is 0 Å². The number of benzene rings is 3. The Bertz CT molecular complexity index is 1310. The van der Waals surface area contributed by atoms with Crippen LogP contribution in [0.15, 0.2) is 72.8 Å². The molecule has 1 unspecified atom stereocenters. The highest BCUT2D eigenvalue weighted by Gasteiger charge is 2.34. The van der Waals surface area contributed by atoms with E-state index in [1.807, 2.05) is 42.5 Å². The van der Waals surface area contributed by atoms with Gasteiger partial charge < -0.3 is 25.2 Å². The molecule has 0 aliphatic carbocycles. The summed E-state index contributed by atoms with van der Waals surface area (Å²) in [6, 6.07) is 22.8. The third-order valence-electron chi connectivity index (χ3n) is 8.01. The molecule has 0 saturated carbocycles. The van der Waals surface area contributed by atoms with E-state index >= 15 is 0 Å². The van der Waals surface area contributed by atoms with Crippen molar-refractivity contribution in [2.45, 2.75) is 50.2 Å². The van der Waals surface area contributed by atoms with Crippen LogP contribution >= 0.6 is 0 Å². The molecular formula is C33H42N4O4. The minimum atomic E-state index is -0.755. The average molecular weight is 559 g/mol. The zero-order chi connectivity index (χ0) is 29.2. The summed E-state index contributed by atoms with van der Waals surface area (Å²) in [5.41, 5.74) is 2.03. The fraction of sp³-hybridized carbons (Fsp3) is 0.424. The molecule has 4 rings (SSSR count). The number of fused-ring (bicyclic) bond motifs is 1. The number of carbonyl (C=O) groups is 3. The highest BCUT2D eigenvalue weighted by atomic mass is 16.5. The van der Waals surface area contributed by atoms with Gasteiger partial charge in [0.05, 0.1) is 6.61 Å². The Labute approximate surface area is 243 Å². The molecule has 0 spiro atoms. The maximum absolute atomic E-state index is 14.1. The number of aryl methyl sites for hydroxylation is 1. The van der Waals surface area contributed by atoms with Crippen LogP contribution in [0.4, 0.5) is 0 Å². The summed E-state index contributed by atoms with van der Waals surface area (Å²) in [5.74, 6) is -0.782. The molecule has 2 N–H and O–H groups in total. The molecule has 0 bridgehead atoms. The smallest absolute Gasteiger partial charge is 0.248 e. The van der Waals surface area contributed by atoms with Crippen LogP contribution < -0.4 is 10.6 Å². The number of hydrogen-bond donors (Lipinski definition) is 2. The molecule has 8 nitrogen and oxygen atoms in total. The number of nitrogens with one attached hydrogen (secondary N) is 2. The summed E-state index contributed by atoms with van der Waals surface area (Å²) in [6.45, 7) is 1.33. The Morgan fingerprint density at radius 3 is 2.37 bits per heavy atom. The van der Waals surface area contributed by atoms with Crippen LogP contribution in [0.1, 0.15) is 30.4 Å². The van der Waals surface area contributed by atoms with Crippen LogP contribution in [0.3, 0.4) is 0 Å². The first-order valence-electron chi connectivity index (χ1n) is 14.4. The molecule has 3 atom stereocenters. The lowest BCUT2D eigenvalue weighted by Gasteiger charge is -2.34. The van der Waals surface area contributed by atoms with Crippen molar-refractivity contribution < 1.29 is 19.1 Å². The molecule has 1 aliphatic rings.